The van der Waals surface area contributed by atoms with E-state index in [0.29, 0.717) is 59.4 Å². The number of thiazole rings is 1. The largest absolute Gasteiger partial charge is 0.496 e. The van der Waals surface area contributed by atoms with Crippen LogP contribution < -0.4 is 14.8 Å². The number of nitrogens with zero attached hydrogens (tertiary/aromatic N) is 3. The molecule has 30 heavy (non-hydrogen) atoms. The molecule has 1 aliphatic rings. The summed E-state index contributed by atoms with van der Waals surface area (Å²) in [6.45, 7) is 2.18. The van der Waals surface area contributed by atoms with E-state index in [1.165, 1.54) is 11.3 Å². The van der Waals surface area contributed by atoms with Crippen molar-refractivity contribution in [3.63, 3.8) is 0 Å². The summed E-state index contributed by atoms with van der Waals surface area (Å²) in [4.78, 5) is 23.3. The molecule has 1 saturated heterocycles. The average Bonchev–Trinajstić information content (AvgIpc) is 3.20. The van der Waals surface area contributed by atoms with E-state index in [2.05, 4.69) is 31.2 Å². The average molecular weight is 491 g/mol. The fourth-order valence-corrected chi connectivity index (χ4v) is 3.96. The summed E-state index contributed by atoms with van der Waals surface area (Å²) in [5, 5.41) is 4.37. The zero-order valence-electron chi connectivity index (χ0n) is 16.1. The number of carbonyl (C=O) groups excluding carboxylic acids is 1. The van der Waals surface area contributed by atoms with Crippen LogP contribution in [-0.2, 0) is 4.74 Å². The van der Waals surface area contributed by atoms with Gasteiger partial charge in [-0.15, -0.1) is 0 Å². The van der Waals surface area contributed by atoms with E-state index in [4.69, 9.17) is 14.2 Å². The van der Waals surface area contributed by atoms with Crippen LogP contribution in [0.4, 0.5) is 10.9 Å². The van der Waals surface area contributed by atoms with Crippen molar-refractivity contribution in [2.24, 2.45) is 0 Å². The molecule has 1 aromatic carbocycles. The second-order valence-corrected chi connectivity index (χ2v) is 8.13. The number of halogens is 1. The molecule has 2 aromatic heterocycles. The normalized spacial score (nSPS) is 13.7. The standard InChI is InChI=1S/C20H19BrN4O4S/c1-27-15-6-5-13(11-14(15)19(26)25-7-9-28-10-8-25)29-18-12-22-20(30-18)24-17-4-2-3-16(21)23-17/h2-6,11-12H,7-10H2,1H3,(H,22,23,24). The predicted octanol–water partition coefficient (Wildman–Crippen LogP) is 4.32. The SMILES string of the molecule is COc1ccc(Oc2cnc(Nc3cccc(Br)n3)s2)cc1C(=O)N1CCOCC1. The van der Waals surface area contributed by atoms with E-state index in [-0.39, 0.29) is 5.91 Å². The van der Waals surface area contributed by atoms with Crippen molar-refractivity contribution in [1.82, 2.24) is 14.9 Å². The van der Waals surface area contributed by atoms with Gasteiger partial charge in [-0.2, -0.15) is 0 Å². The third-order valence-electron chi connectivity index (χ3n) is 4.35. The number of morpholine rings is 1. The lowest BCUT2D eigenvalue weighted by atomic mass is 10.1. The minimum absolute atomic E-state index is 0.104. The van der Waals surface area contributed by atoms with Crippen LogP contribution in [0.15, 0.2) is 47.2 Å². The maximum absolute atomic E-state index is 12.9. The molecule has 0 bridgehead atoms. The quantitative estimate of drug-likeness (QED) is 0.514. The molecule has 1 aliphatic heterocycles. The number of pyridine rings is 1. The number of anilines is 2. The number of benzene rings is 1. The molecule has 3 heterocycles. The summed E-state index contributed by atoms with van der Waals surface area (Å²) in [5.41, 5.74) is 0.457. The number of nitrogens with one attached hydrogen (secondary N) is 1. The van der Waals surface area contributed by atoms with Gasteiger partial charge in [0, 0.05) is 13.1 Å². The van der Waals surface area contributed by atoms with Crippen LogP contribution >= 0.6 is 27.3 Å². The van der Waals surface area contributed by atoms with Gasteiger partial charge in [0.15, 0.2) is 5.13 Å². The Hall–Kier alpha value is -2.69. The molecule has 0 spiro atoms. The molecule has 1 amide bonds. The van der Waals surface area contributed by atoms with Crippen molar-refractivity contribution in [2.75, 3.05) is 38.7 Å². The van der Waals surface area contributed by atoms with Gasteiger partial charge < -0.3 is 24.4 Å². The predicted molar refractivity (Wildman–Crippen MR) is 117 cm³/mol. The summed E-state index contributed by atoms with van der Waals surface area (Å²) in [6.07, 6.45) is 1.62. The van der Waals surface area contributed by atoms with Gasteiger partial charge in [0.2, 0.25) is 5.06 Å². The number of hydrogen-bond donors (Lipinski definition) is 1. The summed E-state index contributed by atoms with van der Waals surface area (Å²) < 4.78 is 17.4. The van der Waals surface area contributed by atoms with Crippen LogP contribution in [0.5, 0.6) is 16.6 Å². The lowest BCUT2D eigenvalue weighted by Crippen LogP contribution is -2.40. The third-order valence-corrected chi connectivity index (χ3v) is 5.59. The van der Waals surface area contributed by atoms with Crippen molar-refractivity contribution < 1.29 is 19.0 Å². The molecular weight excluding hydrogens is 472 g/mol. The number of methoxy groups -OCH3 is 1. The maximum atomic E-state index is 12.9. The zero-order valence-corrected chi connectivity index (χ0v) is 18.5. The molecule has 156 valence electrons. The van der Waals surface area contributed by atoms with Crippen LogP contribution in [-0.4, -0.2) is 54.2 Å². The number of aromatic nitrogens is 2. The van der Waals surface area contributed by atoms with Gasteiger partial charge in [-0.3, -0.25) is 4.79 Å². The highest BCUT2D eigenvalue weighted by atomic mass is 79.9. The molecule has 10 heteroatoms. The summed E-state index contributed by atoms with van der Waals surface area (Å²) in [6, 6.07) is 10.8. The Kier molecular flexibility index (Phi) is 6.46. The Morgan fingerprint density at radius 1 is 1.27 bits per heavy atom. The molecule has 3 aromatic rings. The second-order valence-electron chi connectivity index (χ2n) is 6.32. The van der Waals surface area contributed by atoms with Gasteiger partial charge in [0.25, 0.3) is 5.91 Å². The first-order chi connectivity index (χ1) is 14.6. The molecule has 1 N–H and O–H groups in total. The molecule has 0 atom stereocenters. The molecule has 0 saturated carbocycles. The van der Waals surface area contributed by atoms with E-state index >= 15 is 0 Å². The van der Waals surface area contributed by atoms with Gasteiger partial charge >= 0.3 is 0 Å². The molecule has 0 aliphatic carbocycles. The van der Waals surface area contributed by atoms with Crippen LogP contribution in [0.2, 0.25) is 0 Å². The Labute approximate surface area is 185 Å². The van der Waals surface area contributed by atoms with Crippen molar-refractivity contribution >= 4 is 44.1 Å². The highest BCUT2D eigenvalue weighted by molar-refractivity contribution is 9.10. The monoisotopic (exact) mass is 490 g/mol. The van der Waals surface area contributed by atoms with E-state index in [0.717, 1.165) is 4.60 Å². The van der Waals surface area contributed by atoms with Crippen LogP contribution in [0.1, 0.15) is 10.4 Å². The van der Waals surface area contributed by atoms with Crippen molar-refractivity contribution in [2.45, 2.75) is 0 Å². The molecule has 0 radical (unpaired) electrons. The first-order valence-corrected chi connectivity index (χ1v) is 10.8. The molecule has 0 unspecified atom stereocenters. The van der Waals surface area contributed by atoms with Gasteiger partial charge in [-0.1, -0.05) is 17.4 Å². The number of amides is 1. The van der Waals surface area contributed by atoms with Crippen molar-refractivity contribution in [3.8, 4) is 16.6 Å². The van der Waals surface area contributed by atoms with Gasteiger partial charge in [0.05, 0.1) is 32.1 Å². The van der Waals surface area contributed by atoms with Gasteiger partial charge in [-0.25, -0.2) is 9.97 Å². The van der Waals surface area contributed by atoms with Gasteiger partial charge in [-0.05, 0) is 46.3 Å². The molecular formula is C20H19BrN4O4S. The van der Waals surface area contributed by atoms with Crippen molar-refractivity contribution in [1.29, 1.82) is 0 Å². The highest BCUT2D eigenvalue weighted by Crippen LogP contribution is 2.34. The molecule has 8 nitrogen and oxygen atoms in total. The summed E-state index contributed by atoms with van der Waals surface area (Å²) in [7, 11) is 1.54. The first-order valence-electron chi connectivity index (χ1n) is 9.21. The van der Waals surface area contributed by atoms with Gasteiger partial charge in [0.1, 0.15) is 21.9 Å². The first kappa shape index (κ1) is 20.6. The van der Waals surface area contributed by atoms with Crippen LogP contribution in [0.25, 0.3) is 0 Å². The fourth-order valence-electron chi connectivity index (χ4n) is 2.92. The van der Waals surface area contributed by atoms with Crippen LogP contribution in [0, 0.1) is 0 Å². The summed E-state index contributed by atoms with van der Waals surface area (Å²) >= 11 is 4.68. The van der Waals surface area contributed by atoms with E-state index < -0.39 is 0 Å². The Bertz CT molecular complexity index is 1040. The van der Waals surface area contributed by atoms with E-state index in [1.54, 1.807) is 36.4 Å². The topological polar surface area (TPSA) is 85.8 Å². The highest BCUT2D eigenvalue weighted by Gasteiger charge is 2.22. The van der Waals surface area contributed by atoms with Crippen LogP contribution in [0.3, 0.4) is 0 Å². The smallest absolute Gasteiger partial charge is 0.257 e. The number of rotatable bonds is 6. The fraction of sp³-hybridized carbons (Fsp3) is 0.250. The maximum Gasteiger partial charge on any atom is 0.257 e. The Morgan fingerprint density at radius 3 is 2.87 bits per heavy atom. The Morgan fingerprint density at radius 2 is 2.10 bits per heavy atom. The molecule has 4 rings (SSSR count). The lowest BCUT2D eigenvalue weighted by Gasteiger charge is -2.27. The number of hydrogen-bond acceptors (Lipinski definition) is 8. The van der Waals surface area contributed by atoms with E-state index in [9.17, 15) is 4.79 Å². The number of ether oxygens (including phenoxy) is 3. The zero-order chi connectivity index (χ0) is 20.9. The third kappa shape index (κ3) is 4.89. The number of carbonyl (C=O) groups is 1. The van der Waals surface area contributed by atoms with E-state index in [1.807, 2.05) is 18.2 Å². The molecule has 1 fully saturated rings. The summed E-state index contributed by atoms with van der Waals surface area (Å²) in [5.74, 6) is 1.61. The second kappa shape index (κ2) is 9.41. The minimum Gasteiger partial charge on any atom is -0.496 e. The lowest BCUT2D eigenvalue weighted by molar-refractivity contribution is 0.0300. The Balaban J connectivity index is 1.49. The minimum atomic E-state index is -0.104. The van der Waals surface area contributed by atoms with Crippen molar-refractivity contribution in [3.05, 3.63) is 52.8 Å².